The summed E-state index contributed by atoms with van der Waals surface area (Å²) in [6.07, 6.45) is 2.78. The Kier molecular flexibility index (Phi) is 4.49. The van der Waals surface area contributed by atoms with Crippen LogP contribution in [-0.4, -0.2) is 36.9 Å². The van der Waals surface area contributed by atoms with Gasteiger partial charge in [-0.1, -0.05) is 5.16 Å². The third kappa shape index (κ3) is 3.03. The molecule has 2 heterocycles. The number of piperidine rings is 1. The smallest absolute Gasteiger partial charge is 0.257 e. The zero-order valence-electron chi connectivity index (χ0n) is 12.6. The summed E-state index contributed by atoms with van der Waals surface area (Å²) in [6, 6.07) is 6.09. The second-order valence-corrected chi connectivity index (χ2v) is 5.70. The highest BCUT2D eigenvalue weighted by Crippen LogP contribution is 2.36. The Hall–Kier alpha value is -1.79. The van der Waals surface area contributed by atoms with Gasteiger partial charge in [-0.05, 0) is 56.6 Å². The van der Waals surface area contributed by atoms with Gasteiger partial charge in [-0.3, -0.25) is 0 Å². The highest BCUT2D eigenvalue weighted by atomic mass is 19.1. The number of rotatable bonds is 5. The van der Waals surface area contributed by atoms with Gasteiger partial charge in [-0.15, -0.1) is 0 Å². The number of methoxy groups -OCH3 is 1. The number of benzene rings is 1. The molecule has 1 aliphatic rings. The van der Waals surface area contributed by atoms with Crippen LogP contribution in [0.1, 0.15) is 25.1 Å². The molecule has 1 fully saturated rings. The summed E-state index contributed by atoms with van der Waals surface area (Å²) in [4.78, 5) is 4.58. The lowest BCUT2D eigenvalue weighted by Crippen LogP contribution is -2.41. The van der Waals surface area contributed by atoms with Crippen molar-refractivity contribution < 1.29 is 13.7 Å². The average molecular weight is 305 g/mol. The van der Waals surface area contributed by atoms with Crippen LogP contribution in [0.5, 0.6) is 0 Å². The monoisotopic (exact) mass is 305 g/mol. The second-order valence-electron chi connectivity index (χ2n) is 5.70. The van der Waals surface area contributed by atoms with Crippen molar-refractivity contribution in [3.63, 3.8) is 0 Å². The molecule has 1 aliphatic heterocycles. The van der Waals surface area contributed by atoms with Gasteiger partial charge < -0.3 is 14.6 Å². The number of hydrogen-bond acceptors (Lipinski definition) is 5. The molecule has 1 N–H and O–H groups in total. The van der Waals surface area contributed by atoms with Gasteiger partial charge >= 0.3 is 0 Å². The SMILES string of the molecule is COCCC1(c2noc(-c3ccc(F)cc3)n2)CCNCC1. The number of nitrogens with zero attached hydrogens (tertiary/aromatic N) is 2. The van der Waals surface area contributed by atoms with E-state index in [1.54, 1.807) is 19.2 Å². The van der Waals surface area contributed by atoms with Crippen LogP contribution in [0.4, 0.5) is 4.39 Å². The highest BCUT2D eigenvalue weighted by molar-refractivity contribution is 5.52. The standard InChI is InChI=1S/C16H20FN3O2/c1-21-11-8-16(6-9-18-10-7-16)15-19-14(22-20-15)12-2-4-13(17)5-3-12/h2-5,18H,6-11H2,1H3. The van der Waals surface area contributed by atoms with Gasteiger partial charge in [0.2, 0.25) is 0 Å². The predicted octanol–water partition coefficient (Wildman–Crippen LogP) is 2.53. The molecule has 118 valence electrons. The molecule has 0 unspecified atom stereocenters. The minimum absolute atomic E-state index is 0.108. The molecule has 0 aliphatic carbocycles. The summed E-state index contributed by atoms with van der Waals surface area (Å²) in [7, 11) is 1.70. The number of ether oxygens (including phenoxy) is 1. The molecule has 5 nitrogen and oxygen atoms in total. The molecule has 1 aromatic carbocycles. The maximum absolute atomic E-state index is 13.0. The molecule has 0 amide bonds. The second kappa shape index (κ2) is 6.54. The van der Waals surface area contributed by atoms with Gasteiger partial charge in [0.25, 0.3) is 5.89 Å². The van der Waals surface area contributed by atoms with E-state index in [2.05, 4.69) is 15.5 Å². The van der Waals surface area contributed by atoms with Gasteiger partial charge in [0.15, 0.2) is 5.82 Å². The molecular weight excluding hydrogens is 285 g/mol. The molecular formula is C16H20FN3O2. The van der Waals surface area contributed by atoms with Crippen molar-refractivity contribution >= 4 is 0 Å². The Labute approximate surface area is 128 Å². The molecule has 0 bridgehead atoms. The largest absolute Gasteiger partial charge is 0.385 e. The number of hydrogen-bond donors (Lipinski definition) is 1. The van der Waals surface area contributed by atoms with E-state index in [0.29, 0.717) is 12.5 Å². The fraction of sp³-hybridized carbons (Fsp3) is 0.500. The Balaban J connectivity index is 1.87. The molecule has 0 saturated carbocycles. The Bertz CT molecular complexity index is 606. The van der Waals surface area contributed by atoms with Crippen molar-refractivity contribution in [3.05, 3.63) is 35.9 Å². The van der Waals surface area contributed by atoms with Crippen molar-refractivity contribution in [2.24, 2.45) is 0 Å². The Morgan fingerprint density at radius 3 is 2.68 bits per heavy atom. The lowest BCUT2D eigenvalue weighted by molar-refractivity contribution is 0.146. The molecule has 3 rings (SSSR count). The summed E-state index contributed by atoms with van der Waals surface area (Å²) in [5.41, 5.74) is 0.624. The van der Waals surface area contributed by atoms with Crippen LogP contribution < -0.4 is 5.32 Å². The molecule has 6 heteroatoms. The maximum Gasteiger partial charge on any atom is 0.257 e. The van der Waals surface area contributed by atoms with Gasteiger partial charge in [0.05, 0.1) is 0 Å². The highest BCUT2D eigenvalue weighted by Gasteiger charge is 2.38. The lowest BCUT2D eigenvalue weighted by atomic mass is 9.75. The van der Waals surface area contributed by atoms with E-state index in [4.69, 9.17) is 9.26 Å². The third-order valence-electron chi connectivity index (χ3n) is 4.34. The summed E-state index contributed by atoms with van der Waals surface area (Å²) in [5, 5.41) is 7.56. The summed E-state index contributed by atoms with van der Waals surface area (Å²) < 4.78 is 23.7. The van der Waals surface area contributed by atoms with E-state index >= 15 is 0 Å². The van der Waals surface area contributed by atoms with E-state index in [-0.39, 0.29) is 11.2 Å². The van der Waals surface area contributed by atoms with E-state index in [1.807, 2.05) is 0 Å². The van der Waals surface area contributed by atoms with Crippen LogP contribution in [0.3, 0.4) is 0 Å². The molecule has 1 saturated heterocycles. The van der Waals surface area contributed by atoms with E-state index < -0.39 is 0 Å². The van der Waals surface area contributed by atoms with Crippen LogP contribution in [0.15, 0.2) is 28.8 Å². The first-order valence-corrected chi connectivity index (χ1v) is 7.53. The minimum atomic E-state index is -0.279. The van der Waals surface area contributed by atoms with Crippen molar-refractivity contribution in [2.75, 3.05) is 26.8 Å². The summed E-state index contributed by atoms with van der Waals surface area (Å²) in [5.74, 6) is 0.883. The molecule has 0 radical (unpaired) electrons. The van der Waals surface area contributed by atoms with Crippen LogP contribution in [0.25, 0.3) is 11.5 Å². The minimum Gasteiger partial charge on any atom is -0.385 e. The zero-order valence-corrected chi connectivity index (χ0v) is 12.6. The first-order valence-electron chi connectivity index (χ1n) is 7.53. The number of aromatic nitrogens is 2. The fourth-order valence-corrected chi connectivity index (χ4v) is 2.94. The van der Waals surface area contributed by atoms with Crippen LogP contribution in [0, 0.1) is 5.82 Å². The Morgan fingerprint density at radius 2 is 2.00 bits per heavy atom. The van der Waals surface area contributed by atoms with Gasteiger partial charge in [-0.25, -0.2) is 4.39 Å². The van der Waals surface area contributed by atoms with Gasteiger partial charge in [-0.2, -0.15) is 4.98 Å². The van der Waals surface area contributed by atoms with Crippen molar-refractivity contribution in [1.29, 1.82) is 0 Å². The first kappa shape index (κ1) is 15.1. The van der Waals surface area contributed by atoms with Crippen molar-refractivity contribution in [3.8, 4) is 11.5 Å². The predicted molar refractivity (Wildman–Crippen MR) is 80.0 cm³/mol. The lowest BCUT2D eigenvalue weighted by Gasteiger charge is -2.34. The third-order valence-corrected chi connectivity index (χ3v) is 4.34. The Morgan fingerprint density at radius 1 is 1.27 bits per heavy atom. The molecule has 0 spiro atoms. The normalized spacial score (nSPS) is 17.5. The number of nitrogens with one attached hydrogen (secondary N) is 1. The van der Waals surface area contributed by atoms with Gasteiger partial charge in [0.1, 0.15) is 5.82 Å². The number of halogens is 1. The summed E-state index contributed by atoms with van der Waals surface area (Å²) >= 11 is 0. The average Bonchev–Trinajstić information content (AvgIpc) is 3.05. The van der Waals surface area contributed by atoms with E-state index in [0.717, 1.165) is 43.7 Å². The zero-order chi connectivity index (χ0) is 15.4. The maximum atomic E-state index is 13.0. The quantitative estimate of drug-likeness (QED) is 0.920. The van der Waals surface area contributed by atoms with E-state index in [1.165, 1.54) is 12.1 Å². The summed E-state index contributed by atoms with van der Waals surface area (Å²) in [6.45, 7) is 2.54. The van der Waals surface area contributed by atoms with Crippen LogP contribution in [-0.2, 0) is 10.2 Å². The van der Waals surface area contributed by atoms with Crippen molar-refractivity contribution in [1.82, 2.24) is 15.5 Å². The fourth-order valence-electron chi connectivity index (χ4n) is 2.94. The van der Waals surface area contributed by atoms with Crippen molar-refractivity contribution in [2.45, 2.75) is 24.7 Å². The topological polar surface area (TPSA) is 60.2 Å². The van der Waals surface area contributed by atoms with Gasteiger partial charge in [0, 0.05) is 24.7 Å². The van der Waals surface area contributed by atoms with Crippen LogP contribution in [0.2, 0.25) is 0 Å². The molecule has 1 aromatic heterocycles. The van der Waals surface area contributed by atoms with E-state index in [9.17, 15) is 4.39 Å². The molecule has 0 atom stereocenters. The first-order chi connectivity index (χ1) is 10.7. The van der Waals surface area contributed by atoms with Crippen LogP contribution >= 0.6 is 0 Å². The molecule has 2 aromatic rings. The molecule has 22 heavy (non-hydrogen) atoms.